The van der Waals surface area contributed by atoms with E-state index in [9.17, 15) is 4.79 Å². The number of amides is 1. The fraction of sp³-hybridized carbons (Fsp3) is 0.381. The molecule has 0 saturated heterocycles. The summed E-state index contributed by atoms with van der Waals surface area (Å²) in [6.07, 6.45) is 6.54. The average Bonchev–Trinajstić information content (AvgIpc) is 2.73. The van der Waals surface area contributed by atoms with Crippen LogP contribution in [0.3, 0.4) is 0 Å². The van der Waals surface area contributed by atoms with Crippen LogP contribution in [-0.2, 0) is 4.74 Å². The van der Waals surface area contributed by atoms with Crippen molar-refractivity contribution in [3.05, 3.63) is 59.2 Å². The van der Waals surface area contributed by atoms with E-state index in [1.807, 2.05) is 26.0 Å². The molecule has 1 aromatic carbocycles. The van der Waals surface area contributed by atoms with Crippen LogP contribution in [0.1, 0.15) is 39.7 Å². The molecule has 0 fully saturated rings. The van der Waals surface area contributed by atoms with Gasteiger partial charge in [0.05, 0.1) is 6.61 Å². The molecule has 0 bridgehead atoms. The number of carbonyl (C=O) groups excluding carboxylic acids is 1. The van der Waals surface area contributed by atoms with Crippen molar-refractivity contribution in [2.45, 2.75) is 39.7 Å². The Hall–Kier alpha value is -2.49. The first-order chi connectivity index (χ1) is 11.8. The van der Waals surface area contributed by atoms with Gasteiger partial charge in [0.2, 0.25) is 0 Å². The molecule has 0 saturated carbocycles. The molecule has 2 N–H and O–H groups in total. The quantitative estimate of drug-likeness (QED) is 0.870. The number of benzene rings is 1. The van der Waals surface area contributed by atoms with Gasteiger partial charge >= 0.3 is 6.09 Å². The summed E-state index contributed by atoms with van der Waals surface area (Å²) < 4.78 is 11.0. The number of fused-ring (bicyclic) bond motifs is 1. The van der Waals surface area contributed by atoms with Crippen molar-refractivity contribution < 1.29 is 14.3 Å². The largest absolute Gasteiger partial charge is 0.494 e. The van der Waals surface area contributed by atoms with Gasteiger partial charge in [-0.2, -0.15) is 0 Å². The SMILES string of the molecule is CCOc1ccc(C2=CC3=CC(C)(C)[C@@](C)(OC(N)=O)C3=CC2)cc1. The van der Waals surface area contributed by atoms with Crippen LogP contribution in [0, 0.1) is 5.41 Å². The monoisotopic (exact) mass is 339 g/mol. The van der Waals surface area contributed by atoms with Gasteiger partial charge in [-0.05, 0) is 54.7 Å². The molecule has 4 nitrogen and oxygen atoms in total. The summed E-state index contributed by atoms with van der Waals surface area (Å²) in [4.78, 5) is 11.4. The Kier molecular flexibility index (Phi) is 4.23. The van der Waals surface area contributed by atoms with Crippen molar-refractivity contribution in [3.63, 3.8) is 0 Å². The third-order valence-corrected chi connectivity index (χ3v) is 5.27. The molecule has 2 aliphatic carbocycles. The van der Waals surface area contributed by atoms with E-state index in [0.717, 1.165) is 23.3 Å². The molecule has 0 unspecified atom stereocenters. The standard InChI is InChI=1S/C21H25NO3/c1-5-24-17-9-6-14(7-10-17)15-8-11-18-16(12-15)13-20(2,3)21(18,4)25-19(22)23/h6-7,9-13H,5,8H2,1-4H3,(H2,22,23)/t21-/m0/s1. The fourth-order valence-corrected chi connectivity index (χ4v) is 3.64. The molecular formula is C21H25NO3. The van der Waals surface area contributed by atoms with Crippen LogP contribution < -0.4 is 10.5 Å². The van der Waals surface area contributed by atoms with E-state index in [0.29, 0.717) is 6.61 Å². The molecule has 0 aliphatic heterocycles. The molecule has 1 amide bonds. The first-order valence-corrected chi connectivity index (χ1v) is 8.63. The van der Waals surface area contributed by atoms with E-state index in [4.69, 9.17) is 15.2 Å². The highest BCUT2D eigenvalue weighted by Crippen LogP contribution is 2.52. The minimum atomic E-state index is -0.743. The van der Waals surface area contributed by atoms with Crippen LogP contribution >= 0.6 is 0 Å². The highest BCUT2D eigenvalue weighted by atomic mass is 16.6. The van der Waals surface area contributed by atoms with Gasteiger partial charge in [-0.15, -0.1) is 0 Å². The predicted octanol–water partition coefficient (Wildman–Crippen LogP) is 4.62. The topological polar surface area (TPSA) is 61.6 Å². The second-order valence-corrected chi connectivity index (χ2v) is 7.22. The predicted molar refractivity (Wildman–Crippen MR) is 99.2 cm³/mol. The molecule has 0 radical (unpaired) electrons. The smallest absolute Gasteiger partial charge is 0.405 e. The summed E-state index contributed by atoms with van der Waals surface area (Å²) in [6.45, 7) is 8.69. The highest BCUT2D eigenvalue weighted by Gasteiger charge is 2.51. The van der Waals surface area contributed by atoms with Gasteiger partial charge in [0, 0.05) is 5.41 Å². The van der Waals surface area contributed by atoms with Crippen molar-refractivity contribution in [1.82, 2.24) is 0 Å². The Morgan fingerprint density at radius 3 is 2.48 bits per heavy atom. The Labute approximate surface area is 149 Å². The molecule has 0 spiro atoms. The van der Waals surface area contributed by atoms with Gasteiger partial charge in [0.15, 0.2) is 0 Å². The van der Waals surface area contributed by atoms with Crippen LogP contribution in [0.4, 0.5) is 4.79 Å². The van der Waals surface area contributed by atoms with Crippen molar-refractivity contribution in [3.8, 4) is 5.75 Å². The van der Waals surface area contributed by atoms with Crippen molar-refractivity contribution in [1.29, 1.82) is 0 Å². The Balaban J connectivity index is 1.91. The molecule has 132 valence electrons. The summed E-state index contributed by atoms with van der Waals surface area (Å²) in [5.41, 5.74) is 8.79. The summed E-state index contributed by atoms with van der Waals surface area (Å²) >= 11 is 0. The number of nitrogens with two attached hydrogens (primary N) is 1. The van der Waals surface area contributed by atoms with Gasteiger partial charge in [-0.25, -0.2) is 4.79 Å². The zero-order valence-corrected chi connectivity index (χ0v) is 15.3. The summed E-state index contributed by atoms with van der Waals surface area (Å²) in [7, 11) is 0. The first kappa shape index (κ1) is 17.3. The zero-order valence-electron chi connectivity index (χ0n) is 15.3. The van der Waals surface area contributed by atoms with E-state index in [1.165, 1.54) is 11.1 Å². The van der Waals surface area contributed by atoms with E-state index >= 15 is 0 Å². The van der Waals surface area contributed by atoms with Gasteiger partial charge in [-0.3, -0.25) is 0 Å². The normalized spacial score (nSPS) is 23.9. The number of hydrogen-bond acceptors (Lipinski definition) is 3. The third kappa shape index (κ3) is 2.97. The van der Waals surface area contributed by atoms with Crippen molar-refractivity contribution >= 4 is 11.7 Å². The van der Waals surface area contributed by atoms with Crippen LogP contribution in [0.2, 0.25) is 0 Å². The maximum absolute atomic E-state index is 11.4. The number of rotatable bonds is 4. The van der Waals surface area contributed by atoms with Gasteiger partial charge in [0.25, 0.3) is 0 Å². The summed E-state index contributed by atoms with van der Waals surface area (Å²) in [5, 5.41) is 0. The van der Waals surface area contributed by atoms with Crippen molar-refractivity contribution in [2.75, 3.05) is 6.61 Å². The number of hydrogen-bond donors (Lipinski definition) is 1. The molecule has 0 aromatic heterocycles. The first-order valence-electron chi connectivity index (χ1n) is 8.63. The molecule has 4 heteroatoms. The lowest BCUT2D eigenvalue weighted by atomic mass is 9.75. The molecule has 3 rings (SSSR count). The lowest BCUT2D eigenvalue weighted by Gasteiger charge is -2.38. The van der Waals surface area contributed by atoms with E-state index in [2.05, 4.69) is 44.2 Å². The Morgan fingerprint density at radius 2 is 1.88 bits per heavy atom. The van der Waals surface area contributed by atoms with Crippen LogP contribution in [0.15, 0.2) is 53.6 Å². The van der Waals surface area contributed by atoms with Crippen LogP contribution in [-0.4, -0.2) is 18.3 Å². The molecule has 1 aromatic rings. The van der Waals surface area contributed by atoms with Crippen LogP contribution in [0.25, 0.3) is 5.57 Å². The van der Waals surface area contributed by atoms with Crippen molar-refractivity contribution in [2.24, 2.45) is 11.1 Å². The Bertz CT molecular complexity index is 784. The van der Waals surface area contributed by atoms with Gasteiger partial charge < -0.3 is 15.2 Å². The lowest BCUT2D eigenvalue weighted by Crippen LogP contribution is -2.44. The zero-order chi connectivity index (χ0) is 18.2. The van der Waals surface area contributed by atoms with E-state index < -0.39 is 11.7 Å². The second kappa shape index (κ2) is 6.10. The fourth-order valence-electron chi connectivity index (χ4n) is 3.64. The molecule has 1 atom stereocenters. The van der Waals surface area contributed by atoms with Crippen LogP contribution in [0.5, 0.6) is 5.75 Å². The number of allylic oxidation sites excluding steroid dienone is 3. The van der Waals surface area contributed by atoms with E-state index in [1.54, 1.807) is 0 Å². The highest BCUT2D eigenvalue weighted by molar-refractivity contribution is 5.77. The number of primary amides is 1. The average molecular weight is 339 g/mol. The summed E-state index contributed by atoms with van der Waals surface area (Å²) in [6, 6.07) is 8.14. The molecule has 25 heavy (non-hydrogen) atoms. The van der Waals surface area contributed by atoms with Gasteiger partial charge in [-0.1, -0.05) is 44.2 Å². The summed E-state index contributed by atoms with van der Waals surface area (Å²) in [5.74, 6) is 0.877. The minimum Gasteiger partial charge on any atom is -0.494 e. The number of carbonyl (C=O) groups is 1. The molecule has 0 heterocycles. The second-order valence-electron chi connectivity index (χ2n) is 7.22. The lowest BCUT2D eigenvalue weighted by molar-refractivity contribution is 0.00172. The molecule has 2 aliphatic rings. The maximum atomic E-state index is 11.4. The molecular weight excluding hydrogens is 314 g/mol. The third-order valence-electron chi connectivity index (χ3n) is 5.27. The minimum absolute atomic E-state index is 0.325. The Morgan fingerprint density at radius 1 is 1.20 bits per heavy atom. The van der Waals surface area contributed by atoms with E-state index in [-0.39, 0.29) is 5.41 Å². The maximum Gasteiger partial charge on any atom is 0.405 e. The number of ether oxygens (including phenoxy) is 2. The van der Waals surface area contributed by atoms with Gasteiger partial charge in [0.1, 0.15) is 11.4 Å².